The van der Waals surface area contributed by atoms with Crippen molar-refractivity contribution in [3.63, 3.8) is 0 Å². The molecule has 0 aliphatic carbocycles. The van der Waals surface area contributed by atoms with E-state index in [1.807, 2.05) is 51.1 Å². The Bertz CT molecular complexity index is 1020. The molecule has 4 heteroatoms. The van der Waals surface area contributed by atoms with Crippen molar-refractivity contribution < 1.29 is 13.9 Å². The number of hydrogen-bond acceptors (Lipinski definition) is 3. The van der Waals surface area contributed by atoms with Crippen molar-refractivity contribution in [3.8, 4) is 0 Å². The molecule has 3 rings (SSSR count). The third kappa shape index (κ3) is 3.53. The monoisotopic (exact) mass is 378 g/mol. The Morgan fingerprint density at radius 2 is 1.41 bits per heavy atom. The fraction of sp³-hybridized carbons (Fsp3) is 0.174. The molecule has 138 valence electrons. The highest BCUT2D eigenvalue weighted by Gasteiger charge is 2.32. The van der Waals surface area contributed by atoms with E-state index >= 15 is 0 Å². The molecule has 0 aliphatic rings. The van der Waals surface area contributed by atoms with Crippen molar-refractivity contribution in [2.45, 2.75) is 20.8 Å². The van der Waals surface area contributed by atoms with Crippen LogP contribution in [0.5, 0.6) is 0 Å². The van der Waals surface area contributed by atoms with Gasteiger partial charge >= 0.3 is 0 Å². The van der Waals surface area contributed by atoms with Crippen molar-refractivity contribution >= 4 is 23.8 Å². The third-order valence-electron chi connectivity index (χ3n) is 4.72. The molecule has 3 aromatic rings. The largest absolute Gasteiger partial charge is 0.325 e. The molecule has 0 bridgehead atoms. The minimum absolute atomic E-state index is 0.131. The molecule has 0 spiro atoms. The van der Waals surface area contributed by atoms with E-state index in [1.54, 1.807) is 36.4 Å². The lowest BCUT2D eigenvalue weighted by Crippen LogP contribution is -2.24. The molecule has 0 aliphatic heterocycles. The average Bonchev–Trinajstić information content (AvgIpc) is 2.67. The summed E-state index contributed by atoms with van der Waals surface area (Å²) in [6.07, 6.45) is 0. The number of carbonyl (C=O) groups excluding carboxylic acids is 1. The standard InChI is InChI=1S/C23H23O3P/c1-16-14-17(2)22(18(3)15-16)23(24)20-12-8-9-13-21(20)27(25,26-4)19-10-6-5-7-11-19/h5-15H,1-4H3. The summed E-state index contributed by atoms with van der Waals surface area (Å²) >= 11 is 0. The molecule has 0 N–H and O–H groups in total. The molecule has 0 amide bonds. The number of benzene rings is 3. The summed E-state index contributed by atoms with van der Waals surface area (Å²) in [5, 5.41) is 1.01. The van der Waals surface area contributed by atoms with Crippen molar-refractivity contribution in [2.75, 3.05) is 7.11 Å². The second-order valence-corrected chi connectivity index (χ2v) is 9.16. The third-order valence-corrected chi connectivity index (χ3v) is 7.24. The molecule has 3 aromatic carbocycles. The lowest BCUT2D eigenvalue weighted by molar-refractivity contribution is 0.103. The Kier molecular flexibility index (Phi) is 5.46. The maximum Gasteiger partial charge on any atom is 0.261 e. The molecule has 0 saturated carbocycles. The van der Waals surface area contributed by atoms with E-state index in [-0.39, 0.29) is 5.78 Å². The number of hydrogen-bond donors (Lipinski definition) is 0. The molecule has 3 nitrogen and oxygen atoms in total. The van der Waals surface area contributed by atoms with Gasteiger partial charge in [-0.05, 0) is 50.1 Å². The Morgan fingerprint density at radius 1 is 0.852 bits per heavy atom. The molecule has 27 heavy (non-hydrogen) atoms. The van der Waals surface area contributed by atoms with Crippen molar-refractivity contribution in [2.24, 2.45) is 0 Å². The highest BCUT2D eigenvalue weighted by molar-refractivity contribution is 7.74. The van der Waals surface area contributed by atoms with Crippen LogP contribution in [0.2, 0.25) is 0 Å². The fourth-order valence-corrected chi connectivity index (χ4v) is 5.59. The molecule has 0 fully saturated rings. The van der Waals surface area contributed by atoms with E-state index in [4.69, 9.17) is 4.52 Å². The zero-order chi connectivity index (χ0) is 19.6. The number of ketones is 1. The van der Waals surface area contributed by atoms with Gasteiger partial charge in [0.2, 0.25) is 0 Å². The van der Waals surface area contributed by atoms with E-state index in [9.17, 15) is 9.36 Å². The molecule has 0 aromatic heterocycles. The topological polar surface area (TPSA) is 43.4 Å². The first-order chi connectivity index (χ1) is 12.9. The van der Waals surface area contributed by atoms with Crippen molar-refractivity contribution in [1.29, 1.82) is 0 Å². The van der Waals surface area contributed by atoms with E-state index in [2.05, 4.69) is 0 Å². The second-order valence-electron chi connectivity index (χ2n) is 6.69. The van der Waals surface area contributed by atoms with Crippen LogP contribution in [0.3, 0.4) is 0 Å². The van der Waals surface area contributed by atoms with Crippen LogP contribution in [0.1, 0.15) is 32.6 Å². The van der Waals surface area contributed by atoms with E-state index in [0.29, 0.717) is 21.7 Å². The van der Waals surface area contributed by atoms with E-state index in [0.717, 1.165) is 16.7 Å². The van der Waals surface area contributed by atoms with Gasteiger partial charge in [0.05, 0.1) is 5.30 Å². The van der Waals surface area contributed by atoms with E-state index in [1.165, 1.54) is 7.11 Å². The van der Waals surface area contributed by atoms with Crippen LogP contribution in [0.15, 0.2) is 66.7 Å². The molecule has 1 unspecified atom stereocenters. The van der Waals surface area contributed by atoms with Gasteiger partial charge in [-0.3, -0.25) is 9.36 Å². The smallest absolute Gasteiger partial charge is 0.261 e. The zero-order valence-corrected chi connectivity index (χ0v) is 16.9. The highest BCUT2D eigenvalue weighted by atomic mass is 31.2. The van der Waals surface area contributed by atoms with Gasteiger partial charge in [-0.15, -0.1) is 0 Å². The second kappa shape index (κ2) is 7.64. The van der Waals surface area contributed by atoms with E-state index < -0.39 is 7.37 Å². The van der Waals surface area contributed by atoms with Gasteiger partial charge in [0, 0.05) is 23.5 Å². The average molecular weight is 378 g/mol. The van der Waals surface area contributed by atoms with Crippen molar-refractivity contribution in [1.82, 2.24) is 0 Å². The SMILES string of the molecule is COP(=O)(c1ccccc1)c1ccccc1C(=O)c1c(C)cc(C)cc1C. The summed E-state index contributed by atoms with van der Waals surface area (Å²) < 4.78 is 19.3. The lowest BCUT2D eigenvalue weighted by Gasteiger charge is -2.20. The summed E-state index contributed by atoms with van der Waals surface area (Å²) in [5.74, 6) is -0.131. The number of carbonyl (C=O) groups is 1. The maximum absolute atomic E-state index is 13.8. The van der Waals surface area contributed by atoms with Gasteiger partial charge in [0.25, 0.3) is 7.37 Å². The quantitative estimate of drug-likeness (QED) is 0.477. The molecule has 1 atom stereocenters. The van der Waals surface area contributed by atoms with Gasteiger partial charge in [0.1, 0.15) is 0 Å². The number of aryl methyl sites for hydroxylation is 3. The number of rotatable bonds is 5. The molecular formula is C23H23O3P. The lowest BCUT2D eigenvalue weighted by atomic mass is 9.93. The normalized spacial score (nSPS) is 13.2. The van der Waals surface area contributed by atoms with Gasteiger partial charge in [0.15, 0.2) is 5.78 Å². The van der Waals surface area contributed by atoms with Crippen LogP contribution >= 0.6 is 7.37 Å². The van der Waals surface area contributed by atoms with Gasteiger partial charge in [-0.1, -0.05) is 54.1 Å². The predicted octanol–water partition coefficient (Wildman–Crippen LogP) is 4.72. The van der Waals surface area contributed by atoms with Gasteiger partial charge in [-0.25, -0.2) is 0 Å². The summed E-state index contributed by atoms with van der Waals surface area (Å²) in [4.78, 5) is 13.4. The summed E-state index contributed by atoms with van der Waals surface area (Å²) in [7, 11) is -1.95. The molecule has 0 saturated heterocycles. The van der Waals surface area contributed by atoms with Crippen molar-refractivity contribution in [3.05, 3.63) is 94.5 Å². The summed E-state index contributed by atoms with van der Waals surface area (Å²) in [5.41, 5.74) is 4.02. The Balaban J connectivity index is 2.21. The summed E-state index contributed by atoms with van der Waals surface area (Å²) in [6, 6.07) is 20.1. The minimum Gasteiger partial charge on any atom is -0.325 e. The molecule has 0 heterocycles. The van der Waals surface area contributed by atoms with Crippen LogP contribution in [0, 0.1) is 20.8 Å². The zero-order valence-electron chi connectivity index (χ0n) is 16.0. The molecule has 0 radical (unpaired) electrons. The first-order valence-electron chi connectivity index (χ1n) is 8.82. The van der Waals surface area contributed by atoms with Crippen LogP contribution in [-0.4, -0.2) is 12.9 Å². The predicted molar refractivity (Wildman–Crippen MR) is 111 cm³/mol. The van der Waals surface area contributed by atoms with Gasteiger partial charge < -0.3 is 4.52 Å². The highest BCUT2D eigenvalue weighted by Crippen LogP contribution is 2.45. The maximum atomic E-state index is 13.8. The Hall–Kier alpha value is -2.48. The van der Waals surface area contributed by atoms with Crippen LogP contribution in [-0.2, 0) is 9.09 Å². The van der Waals surface area contributed by atoms with Crippen LogP contribution in [0.4, 0.5) is 0 Å². The Labute approximate surface area is 160 Å². The summed E-state index contributed by atoms with van der Waals surface area (Å²) in [6.45, 7) is 5.88. The first kappa shape index (κ1) is 19.3. The van der Waals surface area contributed by atoms with Gasteiger partial charge in [-0.2, -0.15) is 0 Å². The molecular weight excluding hydrogens is 355 g/mol. The minimum atomic E-state index is -3.38. The first-order valence-corrected chi connectivity index (χ1v) is 10.4. The van der Waals surface area contributed by atoms with Crippen LogP contribution < -0.4 is 10.6 Å². The van der Waals surface area contributed by atoms with Crippen LogP contribution in [0.25, 0.3) is 0 Å². The Morgan fingerprint density at radius 3 is 2.00 bits per heavy atom. The fourth-order valence-electron chi connectivity index (χ4n) is 3.56.